The van der Waals surface area contributed by atoms with Crippen LogP contribution in [-0.4, -0.2) is 79.0 Å². The fourth-order valence-electron chi connectivity index (χ4n) is 3.48. The summed E-state index contributed by atoms with van der Waals surface area (Å²) in [5.74, 6) is 1.03. The van der Waals surface area contributed by atoms with E-state index in [1.807, 2.05) is 30.6 Å². The van der Waals surface area contributed by atoms with Gasteiger partial charge in [0.2, 0.25) is 5.91 Å². The Bertz CT molecular complexity index is 445. The number of urea groups is 1. The predicted octanol–water partition coefficient (Wildman–Crippen LogP) is 2.01. The lowest BCUT2D eigenvalue weighted by Crippen LogP contribution is -2.55. The van der Waals surface area contributed by atoms with Crippen molar-refractivity contribution in [2.45, 2.75) is 47.0 Å². The number of piperidine rings is 1. The number of nitrogens with one attached hydrogen (secondary N) is 1. The zero-order valence-electron chi connectivity index (χ0n) is 16.5. The third-order valence-corrected chi connectivity index (χ3v) is 5.30. The van der Waals surface area contributed by atoms with Crippen molar-refractivity contribution in [3.63, 3.8) is 0 Å². The highest BCUT2D eigenvalue weighted by Gasteiger charge is 2.30. The summed E-state index contributed by atoms with van der Waals surface area (Å²) in [4.78, 5) is 30.8. The van der Waals surface area contributed by atoms with E-state index >= 15 is 0 Å². The molecule has 6 heteroatoms. The molecule has 3 amide bonds. The molecular formula is C19H36N4O2. The van der Waals surface area contributed by atoms with Crippen molar-refractivity contribution < 1.29 is 9.59 Å². The van der Waals surface area contributed by atoms with Gasteiger partial charge < -0.3 is 20.0 Å². The van der Waals surface area contributed by atoms with Crippen LogP contribution in [0.15, 0.2) is 0 Å². The second kappa shape index (κ2) is 8.88. The minimum atomic E-state index is -0.351. The van der Waals surface area contributed by atoms with Crippen LogP contribution >= 0.6 is 0 Å². The first kappa shape index (κ1) is 20.0. The number of hydrogen-bond acceptors (Lipinski definition) is 3. The molecule has 2 heterocycles. The molecule has 144 valence electrons. The van der Waals surface area contributed by atoms with Crippen LogP contribution < -0.4 is 5.32 Å². The number of amides is 3. The Labute approximate surface area is 152 Å². The average molecular weight is 353 g/mol. The average Bonchev–Trinajstić information content (AvgIpc) is 2.58. The van der Waals surface area contributed by atoms with Crippen LogP contribution in [0.2, 0.25) is 0 Å². The molecular weight excluding hydrogens is 316 g/mol. The van der Waals surface area contributed by atoms with Crippen LogP contribution in [0.5, 0.6) is 0 Å². The highest BCUT2D eigenvalue weighted by molar-refractivity contribution is 5.82. The standard InChI is InChI=1S/C19H36N4O2/c1-16-6-10-21(11-7-16)9-5-8-20-18(25)23-14-12-22(13-15-23)17(24)19(2,3)4/h16H,5-15H2,1-4H3,(H,20,25). The molecule has 2 rings (SSSR count). The Kier molecular flexibility index (Phi) is 7.11. The molecule has 6 nitrogen and oxygen atoms in total. The van der Waals surface area contributed by atoms with Gasteiger partial charge in [-0.15, -0.1) is 0 Å². The van der Waals surface area contributed by atoms with Gasteiger partial charge in [-0.05, 0) is 44.8 Å². The lowest BCUT2D eigenvalue weighted by atomic mass is 9.94. The SMILES string of the molecule is CC1CCN(CCCNC(=O)N2CCN(C(=O)C(C)(C)C)CC2)CC1. The molecule has 0 radical (unpaired) electrons. The number of carbonyl (C=O) groups excluding carboxylic acids is 2. The number of rotatable bonds is 4. The Morgan fingerprint density at radius 1 is 0.960 bits per heavy atom. The van der Waals surface area contributed by atoms with Gasteiger partial charge in [0.1, 0.15) is 0 Å². The summed E-state index contributed by atoms with van der Waals surface area (Å²) >= 11 is 0. The van der Waals surface area contributed by atoms with Gasteiger partial charge in [-0.2, -0.15) is 0 Å². The Balaban J connectivity index is 1.60. The lowest BCUT2D eigenvalue weighted by molar-refractivity contribution is -0.140. The maximum atomic E-state index is 12.3. The van der Waals surface area contributed by atoms with Crippen molar-refractivity contribution in [2.75, 3.05) is 52.4 Å². The molecule has 2 fully saturated rings. The van der Waals surface area contributed by atoms with E-state index < -0.39 is 0 Å². The van der Waals surface area contributed by atoms with E-state index in [9.17, 15) is 9.59 Å². The molecule has 1 N–H and O–H groups in total. The third kappa shape index (κ3) is 6.17. The third-order valence-electron chi connectivity index (χ3n) is 5.30. The van der Waals surface area contributed by atoms with E-state index in [2.05, 4.69) is 17.1 Å². The molecule has 0 atom stereocenters. The first-order valence-electron chi connectivity index (χ1n) is 9.82. The maximum Gasteiger partial charge on any atom is 0.317 e. The quantitative estimate of drug-likeness (QED) is 0.788. The molecule has 2 aliphatic rings. The molecule has 2 aliphatic heterocycles. The molecule has 0 unspecified atom stereocenters. The van der Waals surface area contributed by atoms with Crippen molar-refractivity contribution in [1.29, 1.82) is 0 Å². The van der Waals surface area contributed by atoms with Gasteiger partial charge in [-0.3, -0.25) is 4.79 Å². The van der Waals surface area contributed by atoms with E-state index in [0.717, 1.165) is 25.4 Å². The summed E-state index contributed by atoms with van der Waals surface area (Å²) in [5, 5.41) is 3.03. The van der Waals surface area contributed by atoms with Gasteiger partial charge in [0.25, 0.3) is 0 Å². The van der Waals surface area contributed by atoms with E-state index in [0.29, 0.717) is 26.2 Å². The maximum absolute atomic E-state index is 12.3. The fourth-order valence-corrected chi connectivity index (χ4v) is 3.48. The summed E-state index contributed by atoms with van der Waals surface area (Å²) in [5.41, 5.74) is -0.351. The number of carbonyl (C=O) groups is 2. The first-order valence-corrected chi connectivity index (χ1v) is 9.82. The number of nitrogens with zero attached hydrogens (tertiary/aromatic N) is 3. The Morgan fingerprint density at radius 3 is 2.08 bits per heavy atom. The summed E-state index contributed by atoms with van der Waals surface area (Å²) < 4.78 is 0. The lowest BCUT2D eigenvalue weighted by Gasteiger charge is -2.37. The fraction of sp³-hybridized carbons (Fsp3) is 0.895. The topological polar surface area (TPSA) is 55.9 Å². The van der Waals surface area contributed by atoms with E-state index in [1.54, 1.807) is 0 Å². The van der Waals surface area contributed by atoms with Crippen LogP contribution in [0.1, 0.15) is 47.0 Å². The van der Waals surface area contributed by atoms with Crippen molar-refractivity contribution in [3.05, 3.63) is 0 Å². The molecule has 0 aromatic rings. The zero-order chi connectivity index (χ0) is 18.4. The van der Waals surface area contributed by atoms with Crippen molar-refractivity contribution in [3.8, 4) is 0 Å². The molecule has 0 spiro atoms. The molecule has 0 aromatic heterocycles. The predicted molar refractivity (Wildman–Crippen MR) is 100 cm³/mol. The molecule has 0 aromatic carbocycles. The van der Waals surface area contributed by atoms with Crippen molar-refractivity contribution in [1.82, 2.24) is 20.0 Å². The van der Waals surface area contributed by atoms with E-state index in [1.165, 1.54) is 25.9 Å². The minimum Gasteiger partial charge on any atom is -0.339 e. The normalized spacial score (nSPS) is 20.6. The Morgan fingerprint density at radius 2 is 1.52 bits per heavy atom. The minimum absolute atomic E-state index is 0.00937. The summed E-state index contributed by atoms with van der Waals surface area (Å²) in [6.45, 7) is 14.9. The highest BCUT2D eigenvalue weighted by atomic mass is 16.2. The van der Waals surface area contributed by atoms with E-state index in [-0.39, 0.29) is 17.4 Å². The van der Waals surface area contributed by atoms with Gasteiger partial charge in [0.05, 0.1) is 0 Å². The van der Waals surface area contributed by atoms with Gasteiger partial charge in [0, 0.05) is 38.1 Å². The summed E-state index contributed by atoms with van der Waals surface area (Å²) in [6, 6.07) is 0.00937. The second-order valence-electron chi connectivity index (χ2n) is 8.64. The number of likely N-dealkylation sites (tertiary alicyclic amines) is 1. The molecule has 0 aliphatic carbocycles. The van der Waals surface area contributed by atoms with Gasteiger partial charge in [0.15, 0.2) is 0 Å². The largest absolute Gasteiger partial charge is 0.339 e. The van der Waals surface area contributed by atoms with Gasteiger partial charge in [-0.25, -0.2) is 4.79 Å². The molecule has 2 saturated heterocycles. The van der Waals surface area contributed by atoms with Crippen LogP contribution in [0, 0.1) is 11.3 Å². The first-order chi connectivity index (χ1) is 11.8. The van der Waals surface area contributed by atoms with Crippen molar-refractivity contribution >= 4 is 11.9 Å². The smallest absolute Gasteiger partial charge is 0.317 e. The second-order valence-corrected chi connectivity index (χ2v) is 8.64. The van der Waals surface area contributed by atoms with Crippen LogP contribution in [0.4, 0.5) is 4.79 Å². The molecule has 0 bridgehead atoms. The monoisotopic (exact) mass is 352 g/mol. The highest BCUT2D eigenvalue weighted by Crippen LogP contribution is 2.18. The molecule has 25 heavy (non-hydrogen) atoms. The van der Waals surface area contributed by atoms with Crippen LogP contribution in [0.3, 0.4) is 0 Å². The van der Waals surface area contributed by atoms with Gasteiger partial charge in [-0.1, -0.05) is 27.7 Å². The van der Waals surface area contributed by atoms with Crippen molar-refractivity contribution in [2.24, 2.45) is 11.3 Å². The zero-order valence-corrected chi connectivity index (χ0v) is 16.5. The van der Waals surface area contributed by atoms with E-state index in [4.69, 9.17) is 0 Å². The summed E-state index contributed by atoms with van der Waals surface area (Å²) in [7, 11) is 0. The Hall–Kier alpha value is -1.30. The van der Waals surface area contributed by atoms with Crippen LogP contribution in [-0.2, 0) is 4.79 Å². The van der Waals surface area contributed by atoms with Crippen LogP contribution in [0.25, 0.3) is 0 Å². The molecule has 0 saturated carbocycles. The number of hydrogen-bond donors (Lipinski definition) is 1. The number of piperazine rings is 1. The summed E-state index contributed by atoms with van der Waals surface area (Å²) in [6.07, 6.45) is 3.59. The van der Waals surface area contributed by atoms with Gasteiger partial charge >= 0.3 is 6.03 Å².